The van der Waals surface area contributed by atoms with Crippen molar-refractivity contribution in [2.45, 2.75) is 10.4 Å². The van der Waals surface area contributed by atoms with Gasteiger partial charge in [0.25, 0.3) is 5.91 Å². The number of aromatic nitrogens is 3. The summed E-state index contributed by atoms with van der Waals surface area (Å²) in [5.74, 6) is 0.147. The van der Waals surface area contributed by atoms with E-state index in [1.807, 2.05) is 30.3 Å². The van der Waals surface area contributed by atoms with Crippen molar-refractivity contribution >= 4 is 15.7 Å². The van der Waals surface area contributed by atoms with Crippen LogP contribution in [0, 0.1) is 0 Å². The maximum atomic E-state index is 12.5. The molecule has 0 spiro atoms. The van der Waals surface area contributed by atoms with Crippen molar-refractivity contribution in [1.82, 2.24) is 19.6 Å². The lowest BCUT2D eigenvalue weighted by atomic mass is 10.1. The first-order valence-corrected chi connectivity index (χ1v) is 9.54. The number of amides is 1. The minimum absolute atomic E-state index is 0.0161. The van der Waals surface area contributed by atoms with Crippen LogP contribution in [0.15, 0.2) is 58.5 Å². The Bertz CT molecular complexity index is 1050. The van der Waals surface area contributed by atoms with Crippen LogP contribution in [0.5, 0.6) is 0 Å². The first kappa shape index (κ1) is 16.5. The van der Waals surface area contributed by atoms with Crippen LogP contribution in [-0.4, -0.2) is 52.3 Å². The largest absolute Gasteiger partial charge is 0.355 e. The molecule has 1 aliphatic rings. The Morgan fingerprint density at radius 1 is 1.23 bits per heavy atom. The lowest BCUT2D eigenvalue weighted by Gasteiger charge is -2.37. The second kappa shape index (κ2) is 6.10. The summed E-state index contributed by atoms with van der Waals surface area (Å²) in [6.07, 6.45) is 3.02. The summed E-state index contributed by atoms with van der Waals surface area (Å²) in [5.41, 5.74) is 0.981. The number of nitrogens with zero attached hydrogens (tertiary/aromatic N) is 4. The Hall–Kier alpha value is -2.94. The van der Waals surface area contributed by atoms with E-state index >= 15 is 0 Å². The molecule has 0 saturated carbocycles. The standard InChI is InChI=1S/C17H16N4O4S/c1-20-8-7-18-17(20)26(23,24)13-10-21(11-13)16(22)14-9-15(25-19-14)12-5-3-2-4-6-12/h2-9,13H,10-11H2,1H3. The highest BCUT2D eigenvalue weighted by atomic mass is 32.2. The van der Waals surface area contributed by atoms with Crippen LogP contribution in [0.1, 0.15) is 10.5 Å². The van der Waals surface area contributed by atoms with Gasteiger partial charge in [0, 0.05) is 44.2 Å². The van der Waals surface area contributed by atoms with Gasteiger partial charge in [0.15, 0.2) is 11.5 Å². The van der Waals surface area contributed by atoms with E-state index in [2.05, 4.69) is 10.1 Å². The van der Waals surface area contributed by atoms with Gasteiger partial charge in [-0.1, -0.05) is 35.5 Å². The van der Waals surface area contributed by atoms with Crippen LogP contribution in [-0.2, 0) is 16.9 Å². The van der Waals surface area contributed by atoms with Gasteiger partial charge in [0.05, 0.1) is 0 Å². The van der Waals surface area contributed by atoms with E-state index in [0.29, 0.717) is 5.76 Å². The number of hydrogen-bond donors (Lipinski definition) is 0. The van der Waals surface area contributed by atoms with E-state index in [1.165, 1.54) is 15.7 Å². The van der Waals surface area contributed by atoms with E-state index < -0.39 is 15.1 Å². The summed E-state index contributed by atoms with van der Waals surface area (Å²) in [7, 11) is -1.93. The number of aryl methyl sites for hydroxylation is 1. The summed E-state index contributed by atoms with van der Waals surface area (Å²) in [4.78, 5) is 17.8. The van der Waals surface area contributed by atoms with E-state index in [0.717, 1.165) is 5.56 Å². The number of likely N-dealkylation sites (tertiary alicyclic amines) is 1. The Balaban J connectivity index is 1.46. The summed E-state index contributed by atoms with van der Waals surface area (Å²) < 4.78 is 31.8. The molecule has 0 bridgehead atoms. The van der Waals surface area contributed by atoms with Gasteiger partial charge in [-0.15, -0.1) is 0 Å². The fraction of sp³-hybridized carbons (Fsp3) is 0.235. The molecule has 0 radical (unpaired) electrons. The van der Waals surface area contributed by atoms with Crippen molar-refractivity contribution in [2.24, 2.45) is 7.05 Å². The van der Waals surface area contributed by atoms with Gasteiger partial charge in [0.1, 0.15) is 5.25 Å². The Morgan fingerprint density at radius 2 is 1.96 bits per heavy atom. The predicted octanol–water partition coefficient (Wildman–Crippen LogP) is 1.37. The maximum absolute atomic E-state index is 12.5. The summed E-state index contributed by atoms with van der Waals surface area (Å²) in [6, 6.07) is 10.9. The number of benzene rings is 1. The zero-order valence-corrected chi connectivity index (χ0v) is 14.8. The maximum Gasteiger partial charge on any atom is 0.276 e. The second-order valence-electron chi connectivity index (χ2n) is 6.14. The van der Waals surface area contributed by atoms with Crippen molar-refractivity contribution in [3.05, 3.63) is 54.5 Å². The number of sulfone groups is 1. The molecule has 4 rings (SSSR count). The Morgan fingerprint density at radius 3 is 2.62 bits per heavy atom. The van der Waals surface area contributed by atoms with Crippen LogP contribution in [0.25, 0.3) is 11.3 Å². The molecule has 1 amide bonds. The van der Waals surface area contributed by atoms with Crippen molar-refractivity contribution in [3.63, 3.8) is 0 Å². The van der Waals surface area contributed by atoms with Crippen LogP contribution in [0.3, 0.4) is 0 Å². The molecule has 1 aromatic carbocycles. The fourth-order valence-electron chi connectivity index (χ4n) is 2.85. The molecule has 3 aromatic rings. The number of rotatable bonds is 4. The van der Waals surface area contributed by atoms with Gasteiger partial charge >= 0.3 is 0 Å². The smallest absolute Gasteiger partial charge is 0.276 e. The molecule has 3 heterocycles. The van der Waals surface area contributed by atoms with Crippen LogP contribution in [0.4, 0.5) is 0 Å². The third-order valence-corrected chi connectivity index (χ3v) is 6.47. The van der Waals surface area contributed by atoms with Crippen molar-refractivity contribution in [1.29, 1.82) is 0 Å². The fourth-order valence-corrected chi connectivity index (χ4v) is 4.57. The summed E-state index contributed by atoms with van der Waals surface area (Å²) >= 11 is 0. The molecule has 1 fully saturated rings. The third kappa shape index (κ3) is 2.70. The normalized spacial score (nSPS) is 15.0. The molecule has 0 aliphatic carbocycles. The van der Waals surface area contributed by atoms with Crippen LogP contribution >= 0.6 is 0 Å². The van der Waals surface area contributed by atoms with Crippen LogP contribution in [0.2, 0.25) is 0 Å². The quantitative estimate of drug-likeness (QED) is 0.686. The highest BCUT2D eigenvalue weighted by Gasteiger charge is 2.43. The molecule has 0 N–H and O–H groups in total. The Labute approximate surface area is 150 Å². The first-order valence-electron chi connectivity index (χ1n) is 7.99. The summed E-state index contributed by atoms with van der Waals surface area (Å²) in [6.45, 7) is 0.225. The Kier molecular flexibility index (Phi) is 3.87. The minimum Gasteiger partial charge on any atom is -0.355 e. The monoisotopic (exact) mass is 372 g/mol. The number of hydrogen-bond acceptors (Lipinski definition) is 6. The second-order valence-corrected chi connectivity index (χ2v) is 8.26. The predicted molar refractivity (Wildman–Crippen MR) is 92.0 cm³/mol. The average Bonchev–Trinajstić information content (AvgIpc) is 3.23. The molecule has 134 valence electrons. The highest BCUT2D eigenvalue weighted by molar-refractivity contribution is 7.92. The average molecular weight is 372 g/mol. The van der Waals surface area contributed by atoms with E-state index in [9.17, 15) is 13.2 Å². The molecular formula is C17H16N4O4S. The van der Waals surface area contributed by atoms with Gasteiger partial charge in [-0.25, -0.2) is 13.4 Å². The topological polar surface area (TPSA) is 98.3 Å². The number of imidazole rings is 1. The third-order valence-electron chi connectivity index (χ3n) is 4.39. The van der Waals surface area contributed by atoms with Crippen molar-refractivity contribution in [3.8, 4) is 11.3 Å². The molecule has 8 nitrogen and oxygen atoms in total. The zero-order valence-electron chi connectivity index (χ0n) is 13.9. The molecule has 1 saturated heterocycles. The molecule has 2 aromatic heterocycles. The van der Waals surface area contributed by atoms with Gasteiger partial charge in [-0.05, 0) is 0 Å². The lowest BCUT2D eigenvalue weighted by Crippen LogP contribution is -2.57. The van der Waals surface area contributed by atoms with Crippen molar-refractivity contribution in [2.75, 3.05) is 13.1 Å². The van der Waals surface area contributed by atoms with E-state index in [4.69, 9.17) is 4.52 Å². The summed E-state index contributed by atoms with van der Waals surface area (Å²) in [5, 5.41) is 3.17. The van der Waals surface area contributed by atoms with Gasteiger partial charge in [-0.2, -0.15) is 0 Å². The van der Waals surface area contributed by atoms with Gasteiger partial charge < -0.3 is 14.0 Å². The molecular weight excluding hydrogens is 356 g/mol. The molecule has 1 aliphatic heterocycles. The van der Waals surface area contributed by atoms with E-state index in [-0.39, 0.29) is 29.8 Å². The zero-order chi connectivity index (χ0) is 18.3. The molecule has 0 atom stereocenters. The van der Waals surface area contributed by atoms with Crippen LogP contribution < -0.4 is 0 Å². The lowest BCUT2D eigenvalue weighted by molar-refractivity contribution is 0.0648. The van der Waals surface area contributed by atoms with Crippen molar-refractivity contribution < 1.29 is 17.7 Å². The molecule has 9 heteroatoms. The first-order chi connectivity index (χ1) is 12.5. The SMILES string of the molecule is Cn1ccnc1S(=O)(=O)C1CN(C(=O)c2cc(-c3ccccc3)on2)C1. The van der Waals surface area contributed by atoms with E-state index in [1.54, 1.807) is 19.3 Å². The highest BCUT2D eigenvalue weighted by Crippen LogP contribution is 2.25. The van der Waals surface area contributed by atoms with Gasteiger partial charge in [0.2, 0.25) is 15.0 Å². The van der Waals surface area contributed by atoms with Gasteiger partial charge in [-0.3, -0.25) is 4.79 Å². The number of carbonyl (C=O) groups is 1. The molecule has 26 heavy (non-hydrogen) atoms. The number of carbonyl (C=O) groups excluding carboxylic acids is 1. The minimum atomic E-state index is -3.56. The molecule has 0 unspecified atom stereocenters.